The molecule has 0 radical (unpaired) electrons. The van der Waals surface area contributed by atoms with E-state index in [1.54, 1.807) is 73.8 Å². The Balaban J connectivity index is 1.80. The Labute approximate surface area is 177 Å². The standard InChI is InChI=1S/C23H18N4O4/c1-25(15-16-9-5-8-14-20(16)27(30)31)23(29)21-18-12-6-7-13-19(18)22(28)26(24-21)17-10-3-2-4-11-17/h2-14H,15H2,1H3. The third-order valence-electron chi connectivity index (χ3n) is 4.95. The second kappa shape index (κ2) is 8.19. The maximum absolute atomic E-state index is 13.3. The van der Waals surface area contributed by atoms with E-state index in [9.17, 15) is 19.7 Å². The minimum Gasteiger partial charge on any atom is -0.336 e. The molecule has 0 saturated carbocycles. The number of nitro groups is 1. The normalized spacial score (nSPS) is 10.7. The molecule has 0 aliphatic carbocycles. The number of nitro benzene ring substituents is 1. The third-order valence-corrected chi connectivity index (χ3v) is 4.95. The molecule has 4 rings (SSSR count). The molecule has 0 N–H and O–H groups in total. The van der Waals surface area contributed by atoms with Crippen molar-refractivity contribution in [1.82, 2.24) is 14.7 Å². The molecule has 0 spiro atoms. The fourth-order valence-electron chi connectivity index (χ4n) is 3.42. The molecular weight excluding hydrogens is 396 g/mol. The zero-order chi connectivity index (χ0) is 22.0. The van der Waals surface area contributed by atoms with E-state index in [0.717, 1.165) is 0 Å². The van der Waals surface area contributed by atoms with Gasteiger partial charge in [-0.3, -0.25) is 19.7 Å². The fraction of sp³-hybridized carbons (Fsp3) is 0.0870. The van der Waals surface area contributed by atoms with Gasteiger partial charge in [-0.15, -0.1) is 0 Å². The number of benzene rings is 3. The van der Waals surface area contributed by atoms with E-state index in [4.69, 9.17) is 0 Å². The predicted octanol–water partition coefficient (Wildman–Crippen LogP) is 3.57. The largest absolute Gasteiger partial charge is 0.336 e. The number of para-hydroxylation sites is 2. The van der Waals surface area contributed by atoms with Crippen molar-refractivity contribution >= 4 is 22.4 Å². The van der Waals surface area contributed by atoms with Gasteiger partial charge in [0.05, 0.1) is 22.5 Å². The third kappa shape index (κ3) is 3.78. The van der Waals surface area contributed by atoms with Gasteiger partial charge < -0.3 is 4.90 Å². The van der Waals surface area contributed by atoms with E-state index >= 15 is 0 Å². The second-order valence-corrected chi connectivity index (χ2v) is 6.99. The lowest BCUT2D eigenvalue weighted by Crippen LogP contribution is -2.31. The lowest BCUT2D eigenvalue weighted by atomic mass is 10.1. The molecule has 4 aromatic rings. The van der Waals surface area contributed by atoms with E-state index < -0.39 is 10.8 Å². The summed E-state index contributed by atoms with van der Waals surface area (Å²) in [5.41, 5.74) is 0.645. The van der Waals surface area contributed by atoms with Crippen LogP contribution >= 0.6 is 0 Å². The van der Waals surface area contributed by atoms with Crippen molar-refractivity contribution < 1.29 is 9.72 Å². The smallest absolute Gasteiger partial charge is 0.279 e. The minimum absolute atomic E-state index is 0.0243. The van der Waals surface area contributed by atoms with Gasteiger partial charge in [0.25, 0.3) is 17.2 Å². The van der Waals surface area contributed by atoms with Crippen LogP contribution in [0.4, 0.5) is 5.69 Å². The first-order chi connectivity index (χ1) is 15.0. The molecule has 0 aliphatic rings. The van der Waals surface area contributed by atoms with Crippen molar-refractivity contribution in [2.45, 2.75) is 6.54 Å². The maximum atomic E-state index is 13.3. The quantitative estimate of drug-likeness (QED) is 0.367. The maximum Gasteiger partial charge on any atom is 0.279 e. The number of hydrogen-bond donors (Lipinski definition) is 0. The summed E-state index contributed by atoms with van der Waals surface area (Å²) >= 11 is 0. The van der Waals surface area contributed by atoms with Crippen LogP contribution in [-0.4, -0.2) is 32.6 Å². The van der Waals surface area contributed by atoms with Gasteiger partial charge in [0, 0.05) is 24.1 Å². The summed E-state index contributed by atoms with van der Waals surface area (Å²) in [6, 6.07) is 21.9. The van der Waals surface area contributed by atoms with Gasteiger partial charge in [-0.1, -0.05) is 54.6 Å². The SMILES string of the molecule is CN(Cc1ccccc1[N+](=O)[O-])C(=O)c1nn(-c2ccccc2)c(=O)c2ccccc12. The highest BCUT2D eigenvalue weighted by molar-refractivity contribution is 6.04. The van der Waals surface area contributed by atoms with Crippen LogP contribution in [0, 0.1) is 10.1 Å². The Bertz CT molecular complexity index is 1350. The molecule has 0 saturated heterocycles. The fourth-order valence-corrected chi connectivity index (χ4v) is 3.42. The molecule has 31 heavy (non-hydrogen) atoms. The van der Waals surface area contributed by atoms with Crippen LogP contribution in [0.2, 0.25) is 0 Å². The topological polar surface area (TPSA) is 98.3 Å². The van der Waals surface area contributed by atoms with Crippen LogP contribution < -0.4 is 5.56 Å². The Hall–Kier alpha value is -4.33. The molecule has 0 bridgehead atoms. The number of fused-ring (bicyclic) bond motifs is 1. The van der Waals surface area contributed by atoms with E-state index in [2.05, 4.69) is 5.10 Å². The lowest BCUT2D eigenvalue weighted by molar-refractivity contribution is -0.385. The highest BCUT2D eigenvalue weighted by atomic mass is 16.6. The first-order valence-electron chi connectivity index (χ1n) is 9.52. The number of nitrogens with zero attached hydrogens (tertiary/aromatic N) is 4. The predicted molar refractivity (Wildman–Crippen MR) is 116 cm³/mol. The summed E-state index contributed by atoms with van der Waals surface area (Å²) in [4.78, 5) is 38.5. The Kier molecular flexibility index (Phi) is 5.28. The van der Waals surface area contributed by atoms with E-state index in [-0.39, 0.29) is 23.5 Å². The zero-order valence-corrected chi connectivity index (χ0v) is 16.6. The minimum atomic E-state index is -0.475. The number of hydrogen-bond acceptors (Lipinski definition) is 5. The van der Waals surface area contributed by atoms with Gasteiger partial charge in [-0.2, -0.15) is 9.78 Å². The molecule has 8 nitrogen and oxygen atoms in total. The Morgan fingerprint density at radius 1 is 0.968 bits per heavy atom. The van der Waals surface area contributed by atoms with E-state index in [0.29, 0.717) is 22.0 Å². The van der Waals surface area contributed by atoms with Crippen LogP contribution in [0.25, 0.3) is 16.5 Å². The Morgan fingerprint density at radius 2 is 1.58 bits per heavy atom. The van der Waals surface area contributed by atoms with Crippen molar-refractivity contribution in [2.75, 3.05) is 7.05 Å². The summed E-state index contributed by atoms with van der Waals surface area (Å²) in [5.74, 6) is -0.445. The molecule has 1 aromatic heterocycles. The van der Waals surface area contributed by atoms with Gasteiger partial charge in [-0.05, 0) is 18.2 Å². The molecule has 0 aliphatic heterocycles. The number of aromatic nitrogens is 2. The molecule has 0 unspecified atom stereocenters. The second-order valence-electron chi connectivity index (χ2n) is 6.99. The lowest BCUT2D eigenvalue weighted by Gasteiger charge is -2.18. The molecular formula is C23H18N4O4. The van der Waals surface area contributed by atoms with Crippen LogP contribution in [0.3, 0.4) is 0 Å². The number of amides is 1. The van der Waals surface area contributed by atoms with E-state index in [1.807, 2.05) is 6.07 Å². The Morgan fingerprint density at radius 3 is 2.29 bits per heavy atom. The van der Waals surface area contributed by atoms with Crippen LogP contribution in [-0.2, 0) is 6.54 Å². The van der Waals surface area contributed by atoms with Gasteiger partial charge >= 0.3 is 0 Å². The molecule has 154 valence electrons. The van der Waals surface area contributed by atoms with Crippen molar-refractivity contribution in [3.05, 3.63) is 111 Å². The summed E-state index contributed by atoms with van der Waals surface area (Å²) in [5, 5.41) is 16.5. The molecule has 0 fully saturated rings. The molecule has 0 atom stereocenters. The average molecular weight is 414 g/mol. The highest BCUT2D eigenvalue weighted by Crippen LogP contribution is 2.21. The van der Waals surface area contributed by atoms with Gasteiger partial charge in [0.2, 0.25) is 0 Å². The number of carbonyl (C=O) groups is 1. The van der Waals surface area contributed by atoms with E-state index in [1.165, 1.54) is 15.6 Å². The number of carbonyl (C=O) groups excluding carboxylic acids is 1. The van der Waals surface area contributed by atoms with Crippen LogP contribution in [0.15, 0.2) is 83.7 Å². The molecule has 1 amide bonds. The summed E-state index contributed by atoms with van der Waals surface area (Å²) in [7, 11) is 1.55. The molecule has 1 heterocycles. The van der Waals surface area contributed by atoms with Gasteiger partial charge in [-0.25, -0.2) is 0 Å². The van der Waals surface area contributed by atoms with Crippen LogP contribution in [0.5, 0.6) is 0 Å². The summed E-state index contributed by atoms with van der Waals surface area (Å²) in [6.07, 6.45) is 0. The summed E-state index contributed by atoms with van der Waals surface area (Å²) < 4.78 is 1.20. The first kappa shape index (κ1) is 20.0. The van der Waals surface area contributed by atoms with Crippen molar-refractivity contribution in [2.24, 2.45) is 0 Å². The molecule has 8 heteroatoms. The van der Waals surface area contributed by atoms with Crippen molar-refractivity contribution in [3.63, 3.8) is 0 Å². The molecule has 3 aromatic carbocycles. The van der Waals surface area contributed by atoms with Gasteiger partial charge in [0.15, 0.2) is 5.69 Å². The van der Waals surface area contributed by atoms with Gasteiger partial charge in [0.1, 0.15) is 0 Å². The first-order valence-corrected chi connectivity index (χ1v) is 9.52. The zero-order valence-electron chi connectivity index (χ0n) is 16.6. The monoisotopic (exact) mass is 414 g/mol. The highest BCUT2D eigenvalue weighted by Gasteiger charge is 2.22. The van der Waals surface area contributed by atoms with Crippen LogP contribution in [0.1, 0.15) is 16.1 Å². The average Bonchev–Trinajstić information content (AvgIpc) is 2.80. The number of rotatable bonds is 5. The van der Waals surface area contributed by atoms with Crippen molar-refractivity contribution in [1.29, 1.82) is 0 Å². The van der Waals surface area contributed by atoms with Crippen molar-refractivity contribution in [3.8, 4) is 5.69 Å². The summed E-state index contributed by atoms with van der Waals surface area (Å²) in [6.45, 7) is 0.0243.